The van der Waals surface area contributed by atoms with Gasteiger partial charge in [-0.1, -0.05) is 58.0 Å². The fourth-order valence-corrected chi connectivity index (χ4v) is 6.59. The summed E-state index contributed by atoms with van der Waals surface area (Å²) in [5, 5.41) is 10.0. The number of fused-ring (bicyclic) bond motifs is 2. The molecule has 0 amide bonds. The second-order valence-corrected chi connectivity index (χ2v) is 9.90. The Hall–Kier alpha value is -1.02. The number of benzene rings is 1. The van der Waals surface area contributed by atoms with Crippen LogP contribution >= 0.6 is 11.6 Å². The summed E-state index contributed by atoms with van der Waals surface area (Å²) in [5.74, 6) is 2.45. The summed E-state index contributed by atoms with van der Waals surface area (Å²) >= 11 is 5.97. The number of hydrogen-bond donors (Lipinski definition) is 1. The Morgan fingerprint density at radius 3 is 2.43 bits per heavy atom. The average molecular weight is 407 g/mol. The van der Waals surface area contributed by atoms with Crippen molar-refractivity contribution in [1.82, 2.24) is 0 Å². The van der Waals surface area contributed by atoms with Crippen molar-refractivity contribution in [3.63, 3.8) is 0 Å². The lowest BCUT2D eigenvalue weighted by molar-refractivity contribution is -0.156. The molecule has 0 radical (unpaired) electrons. The molecule has 1 N–H and O–H groups in total. The fraction of sp³-hybridized carbons (Fsp3) is 0.720. The first-order valence-corrected chi connectivity index (χ1v) is 11.7. The number of rotatable bonds is 6. The molecular weight excluding hydrogens is 368 g/mol. The highest BCUT2D eigenvalue weighted by atomic mass is 35.5. The molecule has 6 atom stereocenters. The van der Waals surface area contributed by atoms with E-state index in [-0.39, 0.29) is 5.41 Å². The van der Waals surface area contributed by atoms with Gasteiger partial charge in [0.2, 0.25) is 0 Å². The van der Waals surface area contributed by atoms with Crippen LogP contribution in [0.3, 0.4) is 0 Å². The zero-order valence-corrected chi connectivity index (χ0v) is 19.1. The largest absolute Gasteiger partial charge is 0.481 e. The molecule has 3 heteroatoms. The lowest BCUT2D eigenvalue weighted by Gasteiger charge is -2.57. The summed E-state index contributed by atoms with van der Waals surface area (Å²) in [4.78, 5) is 12.2. The van der Waals surface area contributed by atoms with E-state index in [9.17, 15) is 9.90 Å². The fourth-order valence-electron chi connectivity index (χ4n) is 6.22. The van der Waals surface area contributed by atoms with Crippen LogP contribution in [0.15, 0.2) is 30.3 Å². The van der Waals surface area contributed by atoms with Crippen LogP contribution < -0.4 is 0 Å². The lowest BCUT2D eigenvalue weighted by Crippen LogP contribution is -2.52. The van der Waals surface area contributed by atoms with Crippen LogP contribution in [-0.2, 0) is 10.2 Å². The van der Waals surface area contributed by atoms with E-state index in [4.69, 9.17) is 11.6 Å². The van der Waals surface area contributed by atoms with E-state index in [1.807, 2.05) is 20.8 Å². The molecule has 158 valence electrons. The van der Waals surface area contributed by atoms with Crippen molar-refractivity contribution in [2.45, 2.75) is 78.6 Å². The summed E-state index contributed by atoms with van der Waals surface area (Å²) in [6.07, 6.45) is 6.07. The highest BCUT2D eigenvalue weighted by Crippen LogP contribution is 2.60. The van der Waals surface area contributed by atoms with Crippen LogP contribution in [0.4, 0.5) is 0 Å². The van der Waals surface area contributed by atoms with E-state index < -0.39 is 11.4 Å². The Balaban J connectivity index is 0.00000136. The summed E-state index contributed by atoms with van der Waals surface area (Å²) in [5.41, 5.74) is 0.742. The van der Waals surface area contributed by atoms with Gasteiger partial charge in [0.1, 0.15) is 0 Å². The van der Waals surface area contributed by atoms with Crippen molar-refractivity contribution in [2.24, 2.45) is 29.1 Å². The highest BCUT2D eigenvalue weighted by Gasteiger charge is 2.56. The Morgan fingerprint density at radius 1 is 1.21 bits per heavy atom. The second-order valence-electron chi connectivity index (χ2n) is 9.52. The summed E-state index contributed by atoms with van der Waals surface area (Å²) in [6, 6.07) is 10.7. The van der Waals surface area contributed by atoms with Crippen LogP contribution in [0, 0.1) is 29.1 Å². The molecule has 6 unspecified atom stereocenters. The maximum absolute atomic E-state index is 12.2. The first kappa shape index (κ1) is 23.3. The molecule has 2 nitrogen and oxygen atoms in total. The first-order chi connectivity index (χ1) is 13.3. The van der Waals surface area contributed by atoms with Gasteiger partial charge in [-0.2, -0.15) is 0 Å². The van der Waals surface area contributed by atoms with E-state index in [0.717, 1.165) is 32.1 Å². The Bertz CT molecular complexity index is 627. The van der Waals surface area contributed by atoms with Gasteiger partial charge in [0, 0.05) is 5.88 Å². The van der Waals surface area contributed by atoms with Crippen molar-refractivity contribution < 1.29 is 9.90 Å². The number of carbonyl (C=O) groups is 1. The van der Waals surface area contributed by atoms with Crippen molar-refractivity contribution in [3.05, 3.63) is 35.9 Å². The molecule has 2 saturated carbocycles. The number of halogens is 1. The van der Waals surface area contributed by atoms with Gasteiger partial charge in [-0.15, -0.1) is 11.6 Å². The van der Waals surface area contributed by atoms with Crippen molar-refractivity contribution >= 4 is 17.6 Å². The maximum atomic E-state index is 12.2. The van der Waals surface area contributed by atoms with Gasteiger partial charge < -0.3 is 5.11 Å². The van der Waals surface area contributed by atoms with Gasteiger partial charge in [0.15, 0.2) is 0 Å². The molecule has 28 heavy (non-hydrogen) atoms. The molecular formula is C25H39ClO2. The van der Waals surface area contributed by atoms with Crippen molar-refractivity contribution in [3.8, 4) is 0 Å². The minimum Gasteiger partial charge on any atom is -0.481 e. The van der Waals surface area contributed by atoms with Crippen molar-refractivity contribution in [2.75, 3.05) is 5.88 Å². The summed E-state index contributed by atoms with van der Waals surface area (Å²) in [7, 11) is 0. The lowest BCUT2D eigenvalue weighted by atomic mass is 9.47. The Kier molecular flexibility index (Phi) is 8.02. The molecule has 0 saturated heterocycles. The predicted octanol–water partition coefficient (Wildman–Crippen LogP) is 7.15. The van der Waals surface area contributed by atoms with Crippen LogP contribution in [0.25, 0.3) is 0 Å². The number of carboxylic acids is 1. The number of aliphatic carboxylic acids is 1. The third-order valence-electron chi connectivity index (χ3n) is 7.32. The zero-order chi connectivity index (χ0) is 20.9. The molecule has 2 aliphatic rings. The Labute approximate surface area is 177 Å². The summed E-state index contributed by atoms with van der Waals surface area (Å²) < 4.78 is 0. The average Bonchev–Trinajstić information content (AvgIpc) is 2.67. The standard InChI is InChI=1S/C23H33ClO2.C2H6/c1-16(9-10-24)11-20-17(2)12-23(19-7-5-4-6-8-19)14-18(20)13-22(3,15-23)21(25)26;1-2/h4-8,16-18,20H,9-15H2,1-3H3,(H,25,26);1-2H3. The van der Waals surface area contributed by atoms with Gasteiger partial charge in [0.05, 0.1) is 5.41 Å². The molecule has 3 rings (SSSR count). The predicted molar refractivity (Wildman–Crippen MR) is 119 cm³/mol. The topological polar surface area (TPSA) is 37.3 Å². The highest BCUT2D eigenvalue weighted by molar-refractivity contribution is 6.17. The van der Waals surface area contributed by atoms with E-state index in [1.54, 1.807) is 0 Å². The molecule has 2 aliphatic carbocycles. The normalized spacial score (nSPS) is 35.4. The zero-order valence-electron chi connectivity index (χ0n) is 18.4. The first-order valence-electron chi connectivity index (χ1n) is 11.1. The van der Waals surface area contributed by atoms with Crippen molar-refractivity contribution in [1.29, 1.82) is 0 Å². The minimum absolute atomic E-state index is 0.0168. The smallest absolute Gasteiger partial charge is 0.309 e. The molecule has 1 aromatic carbocycles. The molecule has 2 bridgehead atoms. The van der Waals surface area contributed by atoms with Crippen LogP contribution in [0.2, 0.25) is 0 Å². The SMILES string of the molecule is CC.CC(CCCl)CC1C(C)CC2(c3ccccc3)CC1CC(C)(C(=O)O)C2. The number of hydrogen-bond acceptors (Lipinski definition) is 1. The van der Waals surface area contributed by atoms with Crippen LogP contribution in [0.1, 0.15) is 78.7 Å². The summed E-state index contributed by atoms with van der Waals surface area (Å²) in [6.45, 7) is 10.7. The molecule has 0 heterocycles. The monoisotopic (exact) mass is 406 g/mol. The van der Waals surface area contributed by atoms with E-state index >= 15 is 0 Å². The molecule has 0 spiro atoms. The van der Waals surface area contributed by atoms with Crippen LogP contribution in [0.5, 0.6) is 0 Å². The number of carboxylic acid groups (broad SMARTS) is 1. The number of alkyl halides is 1. The third-order valence-corrected chi connectivity index (χ3v) is 7.54. The third kappa shape index (κ3) is 4.75. The molecule has 0 aliphatic heterocycles. The minimum atomic E-state index is -0.621. The van der Waals surface area contributed by atoms with Gasteiger partial charge in [-0.3, -0.25) is 4.79 Å². The Morgan fingerprint density at radius 2 is 1.86 bits per heavy atom. The maximum Gasteiger partial charge on any atom is 0.309 e. The van der Waals surface area contributed by atoms with Gasteiger partial charge in [0.25, 0.3) is 0 Å². The quantitative estimate of drug-likeness (QED) is 0.509. The van der Waals surface area contributed by atoms with E-state index in [1.165, 1.54) is 12.0 Å². The molecule has 1 aromatic rings. The van der Waals surface area contributed by atoms with Gasteiger partial charge >= 0.3 is 5.97 Å². The molecule has 0 aromatic heterocycles. The van der Waals surface area contributed by atoms with Gasteiger partial charge in [-0.05, 0) is 80.1 Å². The molecule has 2 fully saturated rings. The van der Waals surface area contributed by atoms with Crippen LogP contribution in [-0.4, -0.2) is 17.0 Å². The van der Waals surface area contributed by atoms with Gasteiger partial charge in [-0.25, -0.2) is 0 Å². The van der Waals surface area contributed by atoms with E-state index in [0.29, 0.717) is 29.6 Å². The van der Waals surface area contributed by atoms with E-state index in [2.05, 4.69) is 44.2 Å². The second kappa shape index (κ2) is 9.65.